The number of piperidine rings is 1. The van der Waals surface area contributed by atoms with E-state index in [9.17, 15) is 9.59 Å². The minimum atomic E-state index is -0.795. The lowest BCUT2D eigenvalue weighted by molar-refractivity contribution is -0.148. The first-order chi connectivity index (χ1) is 15.0. The predicted octanol–water partition coefficient (Wildman–Crippen LogP) is 4.54. The Labute approximate surface area is 192 Å². The van der Waals surface area contributed by atoms with Gasteiger partial charge in [-0.1, -0.05) is 0 Å². The number of aromatic nitrogens is 1. The summed E-state index contributed by atoms with van der Waals surface area (Å²) in [6.07, 6.45) is 5.99. The van der Waals surface area contributed by atoms with E-state index < -0.39 is 11.0 Å². The SMILES string of the molecule is CCOC(=O)C(C)(C)c1ccc(N2CCC[C@@H](N(CC3CC3)C(=O)OC(C)(C)C)C2)cn1. The van der Waals surface area contributed by atoms with Crippen LogP contribution in [-0.2, 0) is 19.7 Å². The van der Waals surface area contributed by atoms with E-state index in [1.165, 1.54) is 12.8 Å². The van der Waals surface area contributed by atoms with E-state index in [1.807, 2.05) is 57.8 Å². The molecule has 1 aromatic rings. The number of esters is 1. The van der Waals surface area contributed by atoms with Crippen LogP contribution in [0.15, 0.2) is 18.3 Å². The van der Waals surface area contributed by atoms with Gasteiger partial charge in [-0.05, 0) is 85.3 Å². The van der Waals surface area contributed by atoms with Gasteiger partial charge in [-0.15, -0.1) is 0 Å². The number of hydrogen-bond donors (Lipinski definition) is 0. The average molecular weight is 446 g/mol. The number of pyridine rings is 1. The molecule has 1 aliphatic heterocycles. The van der Waals surface area contributed by atoms with Gasteiger partial charge in [0.1, 0.15) is 11.0 Å². The lowest BCUT2D eigenvalue weighted by Gasteiger charge is -2.40. The van der Waals surface area contributed by atoms with Crippen LogP contribution in [0, 0.1) is 5.92 Å². The first-order valence-corrected chi connectivity index (χ1v) is 11.9. The van der Waals surface area contributed by atoms with Gasteiger partial charge >= 0.3 is 12.1 Å². The fourth-order valence-corrected chi connectivity index (χ4v) is 4.07. The molecule has 32 heavy (non-hydrogen) atoms. The number of amides is 1. The van der Waals surface area contributed by atoms with Crippen LogP contribution in [0.4, 0.5) is 10.5 Å². The molecule has 0 unspecified atom stereocenters. The van der Waals surface area contributed by atoms with E-state index >= 15 is 0 Å². The number of carbonyl (C=O) groups excluding carboxylic acids is 2. The zero-order chi connectivity index (χ0) is 23.5. The van der Waals surface area contributed by atoms with Crippen molar-refractivity contribution >= 4 is 17.7 Å². The first kappa shape index (κ1) is 24.3. The molecule has 1 saturated heterocycles. The van der Waals surface area contributed by atoms with Gasteiger partial charge in [0.05, 0.1) is 30.2 Å². The predicted molar refractivity (Wildman–Crippen MR) is 125 cm³/mol. The number of anilines is 1. The van der Waals surface area contributed by atoms with E-state index in [0.29, 0.717) is 18.2 Å². The molecule has 0 spiro atoms. The van der Waals surface area contributed by atoms with Crippen molar-refractivity contribution in [3.63, 3.8) is 0 Å². The van der Waals surface area contributed by atoms with Crippen molar-refractivity contribution in [2.45, 2.75) is 84.3 Å². The minimum Gasteiger partial charge on any atom is -0.465 e. The molecule has 2 aliphatic rings. The Kier molecular flexibility index (Phi) is 7.36. The third kappa shape index (κ3) is 6.14. The van der Waals surface area contributed by atoms with E-state index in [0.717, 1.165) is 38.2 Å². The topological polar surface area (TPSA) is 72.0 Å². The Morgan fingerprint density at radius 3 is 2.44 bits per heavy atom. The standard InChI is InChI=1S/C25H39N3O4/c1-7-31-22(29)25(5,6)21-13-12-19(15-26-21)27-14-8-9-20(17-27)28(16-18-10-11-18)23(30)32-24(2,3)4/h12-13,15,18,20H,7-11,14,16-17H2,1-6H3/t20-/m1/s1. The van der Waals surface area contributed by atoms with Crippen molar-refractivity contribution in [3.8, 4) is 0 Å². The molecule has 0 aromatic carbocycles. The highest BCUT2D eigenvalue weighted by atomic mass is 16.6. The van der Waals surface area contributed by atoms with Gasteiger partial charge in [0.15, 0.2) is 0 Å². The zero-order valence-electron chi connectivity index (χ0n) is 20.5. The maximum atomic E-state index is 13.0. The summed E-state index contributed by atoms with van der Waals surface area (Å²) in [6.45, 7) is 14.0. The van der Waals surface area contributed by atoms with Gasteiger partial charge in [0, 0.05) is 19.6 Å². The normalized spacial score (nSPS) is 19.4. The van der Waals surface area contributed by atoms with Crippen molar-refractivity contribution in [1.82, 2.24) is 9.88 Å². The van der Waals surface area contributed by atoms with Crippen LogP contribution in [-0.4, -0.2) is 59.8 Å². The van der Waals surface area contributed by atoms with Crippen molar-refractivity contribution in [2.24, 2.45) is 5.92 Å². The molecule has 1 atom stereocenters. The molecule has 1 aliphatic carbocycles. The highest BCUT2D eigenvalue weighted by Crippen LogP contribution is 2.33. The lowest BCUT2D eigenvalue weighted by Crippen LogP contribution is -2.52. The van der Waals surface area contributed by atoms with E-state index in [4.69, 9.17) is 9.47 Å². The van der Waals surface area contributed by atoms with Gasteiger partial charge in [-0.3, -0.25) is 9.78 Å². The van der Waals surface area contributed by atoms with Crippen LogP contribution in [0.3, 0.4) is 0 Å². The maximum absolute atomic E-state index is 13.0. The largest absolute Gasteiger partial charge is 0.465 e. The summed E-state index contributed by atoms with van der Waals surface area (Å²) in [5.74, 6) is 0.329. The summed E-state index contributed by atoms with van der Waals surface area (Å²) < 4.78 is 10.9. The highest BCUT2D eigenvalue weighted by Gasteiger charge is 2.36. The number of rotatable bonds is 7. The van der Waals surface area contributed by atoms with Gasteiger partial charge < -0.3 is 19.3 Å². The summed E-state index contributed by atoms with van der Waals surface area (Å²) in [5, 5.41) is 0. The van der Waals surface area contributed by atoms with Gasteiger partial charge in [0.25, 0.3) is 0 Å². The molecular formula is C25H39N3O4. The second-order valence-electron chi connectivity index (χ2n) is 10.6. The summed E-state index contributed by atoms with van der Waals surface area (Å²) in [6, 6.07) is 4.05. The summed E-state index contributed by atoms with van der Waals surface area (Å²) in [5.41, 5.74) is 0.404. The molecule has 7 nitrogen and oxygen atoms in total. The molecule has 2 fully saturated rings. The molecule has 0 bridgehead atoms. The maximum Gasteiger partial charge on any atom is 0.410 e. The van der Waals surface area contributed by atoms with Gasteiger partial charge in [0.2, 0.25) is 0 Å². The Hall–Kier alpha value is -2.31. The molecule has 2 heterocycles. The number of carbonyl (C=O) groups is 2. The van der Waals surface area contributed by atoms with Gasteiger partial charge in [-0.25, -0.2) is 4.79 Å². The minimum absolute atomic E-state index is 0.120. The van der Waals surface area contributed by atoms with Crippen LogP contribution < -0.4 is 4.90 Å². The van der Waals surface area contributed by atoms with Crippen LogP contribution in [0.5, 0.6) is 0 Å². The molecule has 178 valence electrons. The number of ether oxygens (including phenoxy) is 2. The molecule has 7 heteroatoms. The second-order valence-corrected chi connectivity index (χ2v) is 10.6. The Morgan fingerprint density at radius 1 is 1.16 bits per heavy atom. The van der Waals surface area contributed by atoms with Crippen molar-refractivity contribution in [3.05, 3.63) is 24.0 Å². The molecular weight excluding hydrogens is 406 g/mol. The molecule has 0 N–H and O–H groups in total. The van der Waals surface area contributed by atoms with Crippen LogP contribution in [0.25, 0.3) is 0 Å². The molecule has 1 amide bonds. The lowest BCUT2D eigenvalue weighted by atomic mass is 9.89. The molecule has 1 saturated carbocycles. The third-order valence-electron chi connectivity index (χ3n) is 6.16. The Bertz CT molecular complexity index is 796. The average Bonchev–Trinajstić information content (AvgIpc) is 3.55. The fraction of sp³-hybridized carbons (Fsp3) is 0.720. The second kappa shape index (κ2) is 9.67. The van der Waals surface area contributed by atoms with E-state index in [1.54, 1.807) is 6.92 Å². The monoisotopic (exact) mass is 445 g/mol. The Balaban J connectivity index is 1.71. The highest BCUT2D eigenvalue weighted by molar-refractivity contribution is 5.81. The van der Waals surface area contributed by atoms with Crippen molar-refractivity contribution in [2.75, 3.05) is 31.1 Å². The van der Waals surface area contributed by atoms with Crippen molar-refractivity contribution in [1.29, 1.82) is 0 Å². The summed E-state index contributed by atoms with van der Waals surface area (Å²) in [7, 11) is 0. The van der Waals surface area contributed by atoms with Crippen LogP contribution in [0.2, 0.25) is 0 Å². The summed E-state index contributed by atoms with van der Waals surface area (Å²) >= 11 is 0. The van der Waals surface area contributed by atoms with E-state index in [2.05, 4.69) is 9.88 Å². The first-order valence-electron chi connectivity index (χ1n) is 11.9. The Morgan fingerprint density at radius 2 is 1.88 bits per heavy atom. The third-order valence-corrected chi connectivity index (χ3v) is 6.16. The van der Waals surface area contributed by atoms with Crippen LogP contribution >= 0.6 is 0 Å². The van der Waals surface area contributed by atoms with Crippen LogP contribution in [0.1, 0.15) is 72.9 Å². The molecule has 1 aromatic heterocycles. The van der Waals surface area contributed by atoms with Crippen molar-refractivity contribution < 1.29 is 19.1 Å². The summed E-state index contributed by atoms with van der Waals surface area (Å²) in [4.78, 5) is 34.1. The van der Waals surface area contributed by atoms with E-state index in [-0.39, 0.29) is 18.1 Å². The quantitative estimate of drug-likeness (QED) is 0.574. The zero-order valence-corrected chi connectivity index (χ0v) is 20.5. The smallest absolute Gasteiger partial charge is 0.410 e. The molecule has 3 rings (SSSR count). The fourth-order valence-electron chi connectivity index (χ4n) is 4.07. The molecule has 0 radical (unpaired) electrons. The number of nitrogens with zero attached hydrogens (tertiary/aromatic N) is 3. The van der Waals surface area contributed by atoms with Gasteiger partial charge in [-0.2, -0.15) is 0 Å². The number of hydrogen-bond acceptors (Lipinski definition) is 6.